The van der Waals surface area contributed by atoms with Crippen molar-refractivity contribution in [2.24, 2.45) is 0 Å². The molecular formula is C22H27BO2. The fourth-order valence-electron chi connectivity index (χ4n) is 3.16. The summed E-state index contributed by atoms with van der Waals surface area (Å²) < 4.78 is 11.5. The number of benzene rings is 2. The highest BCUT2D eigenvalue weighted by Crippen LogP contribution is 2.19. The second-order valence-electron chi connectivity index (χ2n) is 5.83. The molecule has 2 nitrogen and oxygen atoms in total. The van der Waals surface area contributed by atoms with Crippen LogP contribution in [0.5, 0.6) is 11.5 Å². The van der Waals surface area contributed by atoms with Crippen molar-refractivity contribution in [1.29, 1.82) is 0 Å². The van der Waals surface area contributed by atoms with Crippen molar-refractivity contribution in [2.75, 3.05) is 13.2 Å². The standard InChI is InChI=1S/C22H27BO2/c1-5-11-20-21(14-10-15-22(20)25-8-4)23(16-6-2)18-12-9-13-19(17-18)24-7-3/h5-6,9-10,12-15,17H,1-2,7-8,11,16H2,3-4H3. The van der Waals surface area contributed by atoms with Crippen molar-refractivity contribution >= 4 is 17.6 Å². The first-order chi connectivity index (χ1) is 12.2. The van der Waals surface area contributed by atoms with Gasteiger partial charge in [-0.1, -0.05) is 47.3 Å². The first-order valence-electron chi connectivity index (χ1n) is 8.94. The van der Waals surface area contributed by atoms with Crippen molar-refractivity contribution in [3.8, 4) is 11.5 Å². The van der Waals surface area contributed by atoms with Gasteiger partial charge in [-0.2, -0.15) is 0 Å². The zero-order valence-electron chi connectivity index (χ0n) is 15.3. The zero-order chi connectivity index (χ0) is 18.1. The Morgan fingerprint density at radius 2 is 1.72 bits per heavy atom. The molecule has 0 heterocycles. The van der Waals surface area contributed by atoms with E-state index in [2.05, 4.69) is 43.5 Å². The fourth-order valence-corrected chi connectivity index (χ4v) is 3.16. The number of hydrogen-bond donors (Lipinski definition) is 0. The van der Waals surface area contributed by atoms with Gasteiger partial charge in [-0.25, -0.2) is 0 Å². The Bertz CT molecular complexity index is 709. The van der Waals surface area contributed by atoms with Crippen molar-refractivity contribution in [3.05, 3.63) is 73.3 Å². The third-order valence-corrected chi connectivity index (χ3v) is 4.17. The van der Waals surface area contributed by atoms with Crippen LogP contribution in [0.25, 0.3) is 0 Å². The Labute approximate surface area is 152 Å². The molecule has 2 aromatic rings. The van der Waals surface area contributed by atoms with Gasteiger partial charge < -0.3 is 9.47 Å². The Morgan fingerprint density at radius 1 is 0.960 bits per heavy atom. The molecule has 0 fully saturated rings. The van der Waals surface area contributed by atoms with E-state index in [1.165, 1.54) is 16.5 Å². The van der Waals surface area contributed by atoms with Crippen molar-refractivity contribution < 1.29 is 9.47 Å². The van der Waals surface area contributed by atoms with Crippen molar-refractivity contribution in [2.45, 2.75) is 26.6 Å². The maximum atomic E-state index is 5.86. The molecule has 0 bridgehead atoms. The molecule has 2 rings (SSSR count). The lowest BCUT2D eigenvalue weighted by Crippen LogP contribution is -2.43. The second kappa shape index (κ2) is 9.78. The summed E-state index contributed by atoms with van der Waals surface area (Å²) in [6, 6.07) is 14.6. The summed E-state index contributed by atoms with van der Waals surface area (Å²) in [7, 11) is 0. The molecule has 0 aromatic heterocycles. The second-order valence-corrected chi connectivity index (χ2v) is 5.83. The predicted molar refractivity (Wildman–Crippen MR) is 109 cm³/mol. The first kappa shape index (κ1) is 18.9. The molecule has 0 spiro atoms. The van der Waals surface area contributed by atoms with Crippen LogP contribution in [0.1, 0.15) is 19.4 Å². The maximum absolute atomic E-state index is 5.86. The minimum atomic E-state index is 0.216. The van der Waals surface area contributed by atoms with Gasteiger partial charge in [0.15, 0.2) is 0 Å². The number of allylic oxidation sites excluding steroid dienone is 2. The van der Waals surface area contributed by atoms with Gasteiger partial charge in [0.1, 0.15) is 11.5 Å². The van der Waals surface area contributed by atoms with Crippen LogP contribution in [0.15, 0.2) is 67.8 Å². The molecule has 2 aromatic carbocycles. The molecule has 0 N–H and O–H groups in total. The van der Waals surface area contributed by atoms with Gasteiger partial charge >= 0.3 is 0 Å². The Kier molecular flexibility index (Phi) is 7.40. The van der Waals surface area contributed by atoms with E-state index in [1.54, 1.807) is 0 Å². The third-order valence-electron chi connectivity index (χ3n) is 4.17. The maximum Gasteiger partial charge on any atom is 0.213 e. The predicted octanol–water partition coefficient (Wildman–Crippen LogP) is 4.01. The minimum Gasteiger partial charge on any atom is -0.494 e. The average Bonchev–Trinajstić information content (AvgIpc) is 2.62. The molecule has 0 aliphatic rings. The molecule has 0 aliphatic carbocycles. The Hall–Kier alpha value is -2.42. The molecule has 130 valence electrons. The van der Waals surface area contributed by atoms with Crippen LogP contribution < -0.4 is 20.4 Å². The largest absolute Gasteiger partial charge is 0.494 e. The molecule has 0 saturated carbocycles. The SMILES string of the molecule is C=CCB(c1cccc(OCC)c1)c1cccc(OCC)c1CC=C. The van der Waals surface area contributed by atoms with E-state index in [1.807, 2.05) is 38.1 Å². The summed E-state index contributed by atoms with van der Waals surface area (Å²) in [6.45, 7) is 13.4. The number of ether oxygens (including phenoxy) is 2. The van der Waals surface area contributed by atoms with Gasteiger partial charge in [-0.3, -0.25) is 0 Å². The van der Waals surface area contributed by atoms with Gasteiger partial charge in [0.2, 0.25) is 6.71 Å². The molecule has 3 heteroatoms. The molecule has 0 saturated heterocycles. The monoisotopic (exact) mass is 334 g/mol. The Balaban J connectivity index is 2.52. The van der Waals surface area contributed by atoms with Crippen LogP contribution in [0, 0.1) is 0 Å². The van der Waals surface area contributed by atoms with Crippen molar-refractivity contribution in [3.63, 3.8) is 0 Å². The first-order valence-corrected chi connectivity index (χ1v) is 8.94. The Morgan fingerprint density at radius 3 is 2.40 bits per heavy atom. The molecule has 0 aliphatic heterocycles. The normalized spacial score (nSPS) is 10.2. The third kappa shape index (κ3) is 4.79. The summed E-state index contributed by atoms with van der Waals surface area (Å²) >= 11 is 0. The fraction of sp³-hybridized carbons (Fsp3) is 0.273. The summed E-state index contributed by atoms with van der Waals surface area (Å²) in [5, 5.41) is 0. The van der Waals surface area contributed by atoms with E-state index in [0.29, 0.717) is 13.2 Å². The summed E-state index contributed by atoms with van der Waals surface area (Å²) in [6.07, 6.45) is 5.55. The molecule has 0 unspecified atom stereocenters. The summed E-state index contributed by atoms with van der Waals surface area (Å²) in [5.74, 6) is 1.84. The van der Waals surface area contributed by atoms with Crippen LogP contribution in [0.2, 0.25) is 6.32 Å². The van der Waals surface area contributed by atoms with E-state index >= 15 is 0 Å². The van der Waals surface area contributed by atoms with Gasteiger partial charge in [-0.15, -0.1) is 13.2 Å². The van der Waals surface area contributed by atoms with Crippen LogP contribution in [-0.4, -0.2) is 19.9 Å². The molecule has 0 amide bonds. The molecule has 0 atom stereocenters. The lowest BCUT2D eigenvalue weighted by molar-refractivity contribution is 0.337. The minimum absolute atomic E-state index is 0.216. The highest BCUT2D eigenvalue weighted by atomic mass is 16.5. The summed E-state index contributed by atoms with van der Waals surface area (Å²) in [5.41, 5.74) is 3.69. The van der Waals surface area contributed by atoms with Gasteiger partial charge in [0, 0.05) is 0 Å². The van der Waals surface area contributed by atoms with Crippen LogP contribution >= 0.6 is 0 Å². The lowest BCUT2D eigenvalue weighted by Gasteiger charge is -2.20. The number of hydrogen-bond acceptors (Lipinski definition) is 2. The highest BCUT2D eigenvalue weighted by molar-refractivity contribution is 6.85. The van der Waals surface area contributed by atoms with Crippen LogP contribution in [0.4, 0.5) is 0 Å². The smallest absolute Gasteiger partial charge is 0.213 e. The molecule has 0 radical (unpaired) electrons. The van der Waals surface area contributed by atoms with Crippen molar-refractivity contribution in [1.82, 2.24) is 0 Å². The zero-order valence-corrected chi connectivity index (χ0v) is 15.3. The topological polar surface area (TPSA) is 18.5 Å². The lowest BCUT2D eigenvalue weighted by atomic mass is 9.38. The van der Waals surface area contributed by atoms with Gasteiger partial charge in [0.25, 0.3) is 0 Å². The van der Waals surface area contributed by atoms with Crippen LogP contribution in [-0.2, 0) is 6.42 Å². The van der Waals surface area contributed by atoms with E-state index in [4.69, 9.17) is 9.47 Å². The summed E-state index contributed by atoms with van der Waals surface area (Å²) in [4.78, 5) is 0. The van der Waals surface area contributed by atoms with Crippen LogP contribution in [0.3, 0.4) is 0 Å². The molecular weight excluding hydrogens is 307 g/mol. The van der Waals surface area contributed by atoms with Gasteiger partial charge in [-0.05, 0) is 50.4 Å². The highest BCUT2D eigenvalue weighted by Gasteiger charge is 2.22. The average molecular weight is 334 g/mol. The van der Waals surface area contributed by atoms with E-state index < -0.39 is 0 Å². The molecule has 25 heavy (non-hydrogen) atoms. The van der Waals surface area contributed by atoms with Gasteiger partial charge in [0.05, 0.1) is 13.2 Å². The van der Waals surface area contributed by atoms with E-state index in [-0.39, 0.29) is 6.71 Å². The number of rotatable bonds is 10. The van der Waals surface area contributed by atoms with E-state index in [0.717, 1.165) is 24.2 Å². The van der Waals surface area contributed by atoms with E-state index in [9.17, 15) is 0 Å². The quantitative estimate of drug-likeness (QED) is 0.483.